The molecule has 0 bridgehead atoms. The molecule has 0 fully saturated rings. The second kappa shape index (κ2) is 3.67. The minimum Gasteiger partial charge on any atom is -0.340 e. The zero-order valence-electron chi connectivity index (χ0n) is 3.49. The Balaban J connectivity index is 2.82. The van der Waals surface area contributed by atoms with Crippen LogP contribution in [0.15, 0.2) is 0 Å². The highest BCUT2D eigenvalue weighted by Crippen LogP contribution is 1.76. The van der Waals surface area contributed by atoms with Gasteiger partial charge in [0.15, 0.2) is 6.86 Å². The molecule has 0 aliphatic carbocycles. The molecule has 0 aromatic heterocycles. The molecular weight excluding hydrogens is 106 g/mol. The van der Waals surface area contributed by atoms with Crippen molar-refractivity contribution in [1.82, 2.24) is 0 Å². The number of hydrogen-bond donors (Lipinski definition) is 0. The van der Waals surface area contributed by atoms with E-state index in [1.807, 2.05) is 0 Å². The van der Waals surface area contributed by atoms with Crippen molar-refractivity contribution < 1.29 is 18.3 Å². The number of halogens is 2. The van der Waals surface area contributed by atoms with Gasteiger partial charge in [-0.2, -0.15) is 4.39 Å². The average molecular weight is 110 g/mol. The zero-order chi connectivity index (χ0) is 5.70. The molecule has 0 spiro atoms. The van der Waals surface area contributed by atoms with E-state index in [1.165, 1.54) is 0 Å². The van der Waals surface area contributed by atoms with Crippen LogP contribution in [-0.2, 0) is 9.53 Å². The molecule has 0 atom stereocenters. The molecule has 0 unspecified atom stereocenters. The Morgan fingerprint density at radius 2 is 2.29 bits per heavy atom. The van der Waals surface area contributed by atoms with Crippen molar-refractivity contribution in [3.63, 3.8) is 0 Å². The van der Waals surface area contributed by atoms with E-state index in [1.54, 1.807) is 0 Å². The van der Waals surface area contributed by atoms with Crippen molar-refractivity contribution in [1.29, 1.82) is 0 Å². The predicted molar refractivity (Wildman–Crippen MR) is 18.0 cm³/mol. The quantitative estimate of drug-likeness (QED) is 0.492. The molecule has 0 aromatic carbocycles. The van der Waals surface area contributed by atoms with E-state index in [9.17, 15) is 13.6 Å². The highest BCUT2D eigenvalue weighted by molar-refractivity contribution is 5.69. The molecule has 0 heterocycles. The number of hydrogen-bond acceptors (Lipinski definition) is 2. The van der Waals surface area contributed by atoms with Gasteiger partial charge in [0.05, 0.1) is 0 Å². The summed E-state index contributed by atoms with van der Waals surface area (Å²) in [4.78, 5) is 9.24. The second-order valence-corrected chi connectivity index (χ2v) is 0.813. The van der Waals surface area contributed by atoms with Crippen LogP contribution in [0.4, 0.5) is 8.78 Å². The first-order valence-electron chi connectivity index (χ1n) is 1.59. The molecule has 0 radical (unpaired) electrons. The van der Waals surface area contributed by atoms with Gasteiger partial charge in [-0.3, -0.25) is 4.79 Å². The third-order valence-corrected chi connectivity index (χ3v) is 0.293. The van der Waals surface area contributed by atoms with E-state index in [4.69, 9.17) is 0 Å². The van der Waals surface area contributed by atoms with Gasteiger partial charge in [0.2, 0.25) is 0 Å². The van der Waals surface area contributed by atoms with Crippen LogP contribution < -0.4 is 0 Å². The number of rotatable bonds is 3. The van der Waals surface area contributed by atoms with Crippen molar-refractivity contribution in [2.75, 3.05) is 13.5 Å². The fourth-order valence-electron chi connectivity index (χ4n) is 0.119. The van der Waals surface area contributed by atoms with E-state index >= 15 is 0 Å². The van der Waals surface area contributed by atoms with Crippen LogP contribution in [-0.4, -0.2) is 19.5 Å². The summed E-state index contributed by atoms with van der Waals surface area (Å²) in [5.41, 5.74) is 0. The normalized spacial score (nSPS) is 8.86. The van der Waals surface area contributed by atoms with Gasteiger partial charge in [-0.05, 0) is 0 Å². The summed E-state index contributed by atoms with van der Waals surface area (Å²) in [5.74, 6) is 0. The van der Waals surface area contributed by atoms with Crippen LogP contribution in [0, 0.1) is 0 Å². The first-order chi connectivity index (χ1) is 3.27. The summed E-state index contributed by atoms with van der Waals surface area (Å²) in [7, 11) is 0. The minimum absolute atomic E-state index is 0.781. The Morgan fingerprint density at radius 3 is 2.43 bits per heavy atom. The largest absolute Gasteiger partial charge is 0.340 e. The smallest absolute Gasteiger partial charge is 0.327 e. The first kappa shape index (κ1) is 6.49. The van der Waals surface area contributed by atoms with Crippen LogP contribution in [0.3, 0.4) is 0 Å². The van der Waals surface area contributed by atoms with Crippen molar-refractivity contribution >= 4 is 6.04 Å². The highest BCUT2D eigenvalue weighted by atomic mass is 19.1. The monoisotopic (exact) mass is 110 g/mol. The molecule has 0 saturated carbocycles. The molecule has 0 rings (SSSR count). The summed E-state index contributed by atoms with van der Waals surface area (Å²) >= 11 is 0. The molecule has 0 amide bonds. The van der Waals surface area contributed by atoms with Gasteiger partial charge in [0.25, 0.3) is 0 Å². The standard InChI is InChI=1S/C3H4F2O2/c4-2-7-1-3(5)6/h1-2H2. The van der Waals surface area contributed by atoms with Gasteiger partial charge in [-0.15, -0.1) is 0 Å². The molecule has 7 heavy (non-hydrogen) atoms. The summed E-state index contributed by atoms with van der Waals surface area (Å²) in [6.07, 6.45) is 0. The molecule has 0 aromatic rings. The zero-order valence-corrected chi connectivity index (χ0v) is 3.49. The Kier molecular flexibility index (Phi) is 3.40. The Labute approximate surface area is 39.1 Å². The topological polar surface area (TPSA) is 26.3 Å². The maximum Gasteiger partial charge on any atom is 0.327 e. The summed E-state index contributed by atoms with van der Waals surface area (Å²) in [6.45, 7) is -1.90. The fourth-order valence-corrected chi connectivity index (χ4v) is 0.119. The maximum absolute atomic E-state index is 11.0. The van der Waals surface area contributed by atoms with E-state index < -0.39 is 19.5 Å². The SMILES string of the molecule is O=C(F)COCF. The van der Waals surface area contributed by atoms with Gasteiger partial charge < -0.3 is 4.74 Å². The van der Waals surface area contributed by atoms with E-state index in [2.05, 4.69) is 4.74 Å². The third kappa shape index (κ3) is 5.49. The molecule has 0 aliphatic rings. The van der Waals surface area contributed by atoms with Crippen LogP contribution >= 0.6 is 0 Å². The lowest BCUT2D eigenvalue weighted by Gasteiger charge is -1.86. The summed E-state index contributed by atoms with van der Waals surface area (Å²) < 4.78 is 25.5. The number of ether oxygens (including phenoxy) is 1. The Morgan fingerprint density at radius 1 is 1.71 bits per heavy atom. The van der Waals surface area contributed by atoms with Crippen LogP contribution in [0.1, 0.15) is 0 Å². The molecule has 2 nitrogen and oxygen atoms in total. The lowest BCUT2D eigenvalue weighted by Crippen LogP contribution is -2.00. The highest BCUT2D eigenvalue weighted by Gasteiger charge is 1.93. The molecule has 0 N–H and O–H groups in total. The van der Waals surface area contributed by atoms with Gasteiger partial charge in [-0.1, -0.05) is 0 Å². The fraction of sp³-hybridized carbons (Fsp3) is 0.667. The maximum atomic E-state index is 11.0. The van der Waals surface area contributed by atoms with Crippen molar-refractivity contribution in [2.45, 2.75) is 0 Å². The Bertz CT molecular complexity index is 64.0. The van der Waals surface area contributed by atoms with Crippen LogP contribution in [0.5, 0.6) is 0 Å². The van der Waals surface area contributed by atoms with Crippen molar-refractivity contribution in [3.8, 4) is 0 Å². The molecular formula is C3H4F2O2. The van der Waals surface area contributed by atoms with Gasteiger partial charge in [-0.25, -0.2) is 4.39 Å². The number of carbonyl (C=O) groups excluding carboxylic acids is 1. The molecule has 4 heteroatoms. The van der Waals surface area contributed by atoms with Crippen molar-refractivity contribution in [2.24, 2.45) is 0 Å². The average Bonchev–Trinajstić information content (AvgIpc) is 1.61. The van der Waals surface area contributed by atoms with E-state index in [-0.39, 0.29) is 0 Å². The Hall–Kier alpha value is -0.510. The van der Waals surface area contributed by atoms with Crippen LogP contribution in [0.2, 0.25) is 0 Å². The molecule has 0 saturated heterocycles. The number of alkyl halides is 1. The van der Waals surface area contributed by atoms with Gasteiger partial charge in [0.1, 0.15) is 6.61 Å². The van der Waals surface area contributed by atoms with Crippen molar-refractivity contribution in [3.05, 3.63) is 0 Å². The lowest BCUT2D eigenvalue weighted by molar-refractivity contribution is -0.135. The first-order valence-corrected chi connectivity index (χ1v) is 1.59. The summed E-state index contributed by atoms with van der Waals surface area (Å²) in [5, 5.41) is 0. The van der Waals surface area contributed by atoms with Crippen LogP contribution in [0.25, 0.3) is 0 Å². The molecule has 0 aliphatic heterocycles. The van der Waals surface area contributed by atoms with E-state index in [0.717, 1.165) is 0 Å². The van der Waals surface area contributed by atoms with E-state index in [0.29, 0.717) is 0 Å². The minimum atomic E-state index is -1.65. The second-order valence-electron chi connectivity index (χ2n) is 0.813. The summed E-state index contributed by atoms with van der Waals surface area (Å²) in [6, 6.07) is -1.65. The molecule has 42 valence electrons. The van der Waals surface area contributed by atoms with Gasteiger partial charge in [0, 0.05) is 0 Å². The van der Waals surface area contributed by atoms with Gasteiger partial charge >= 0.3 is 6.04 Å². The number of carbonyl (C=O) groups is 1. The third-order valence-electron chi connectivity index (χ3n) is 0.293. The predicted octanol–water partition coefficient (Wildman–Crippen LogP) is 0.426. The lowest BCUT2D eigenvalue weighted by atomic mass is 10.8.